The molecule has 0 fully saturated rings. The van der Waals surface area contributed by atoms with Crippen LogP contribution < -0.4 is 10.2 Å². The zero-order valence-corrected chi connectivity index (χ0v) is 18.0. The Morgan fingerprint density at radius 2 is 1.52 bits per heavy atom. The molecule has 0 bridgehead atoms. The Labute approximate surface area is 185 Å². The highest BCUT2D eigenvalue weighted by Gasteiger charge is 2.41. The SMILES string of the molecule is Cc1ccc(C)c(NC2=C(c3ccc(F)cc3)C(=O)N(c3cc(Cl)ccc3C)C2=O)c1. The Kier molecular flexibility index (Phi) is 5.38. The molecule has 0 aliphatic carbocycles. The van der Waals surface area contributed by atoms with Gasteiger partial charge in [-0.1, -0.05) is 41.9 Å². The summed E-state index contributed by atoms with van der Waals surface area (Å²) in [7, 11) is 0. The average Bonchev–Trinajstić information content (AvgIpc) is 2.97. The van der Waals surface area contributed by atoms with Crippen LogP contribution in [0.4, 0.5) is 15.8 Å². The van der Waals surface area contributed by atoms with Gasteiger partial charge in [0.05, 0.1) is 11.3 Å². The Morgan fingerprint density at radius 3 is 2.23 bits per heavy atom. The number of amides is 2. The van der Waals surface area contributed by atoms with Gasteiger partial charge in [-0.25, -0.2) is 9.29 Å². The van der Waals surface area contributed by atoms with Gasteiger partial charge >= 0.3 is 0 Å². The predicted octanol–water partition coefficient (Wildman–Crippen LogP) is 5.80. The van der Waals surface area contributed by atoms with Crippen LogP contribution in [0, 0.1) is 26.6 Å². The topological polar surface area (TPSA) is 49.4 Å². The van der Waals surface area contributed by atoms with Crippen LogP contribution in [0.15, 0.2) is 66.4 Å². The van der Waals surface area contributed by atoms with E-state index in [0.717, 1.165) is 27.3 Å². The number of hydrogen-bond acceptors (Lipinski definition) is 3. The Balaban J connectivity index is 1.88. The van der Waals surface area contributed by atoms with E-state index in [1.807, 2.05) is 32.0 Å². The maximum Gasteiger partial charge on any atom is 0.282 e. The van der Waals surface area contributed by atoms with Crippen molar-refractivity contribution in [3.05, 3.63) is 99.5 Å². The lowest BCUT2D eigenvalue weighted by atomic mass is 10.0. The first-order valence-corrected chi connectivity index (χ1v) is 10.1. The second-order valence-corrected chi connectivity index (χ2v) is 8.01. The molecule has 3 aromatic carbocycles. The number of imide groups is 1. The Bertz CT molecular complexity index is 1250. The minimum Gasteiger partial charge on any atom is -0.350 e. The summed E-state index contributed by atoms with van der Waals surface area (Å²) >= 11 is 6.15. The molecule has 4 nitrogen and oxygen atoms in total. The summed E-state index contributed by atoms with van der Waals surface area (Å²) in [6.45, 7) is 5.67. The van der Waals surface area contributed by atoms with E-state index in [2.05, 4.69) is 5.32 Å². The molecular weight excluding hydrogens is 415 g/mol. The van der Waals surface area contributed by atoms with Crippen LogP contribution in [0.25, 0.3) is 5.57 Å². The van der Waals surface area contributed by atoms with E-state index in [1.54, 1.807) is 25.1 Å². The standard InChI is InChI=1S/C25H20ClFN2O2/c1-14-4-5-15(2)20(12-14)28-23-22(17-7-10-19(27)11-8-17)24(30)29(25(23)31)21-13-18(26)9-6-16(21)3/h4-13,28H,1-3H3. The molecule has 0 unspecified atom stereocenters. The molecule has 0 saturated heterocycles. The number of hydrogen-bond donors (Lipinski definition) is 1. The van der Waals surface area contributed by atoms with Crippen molar-refractivity contribution in [2.45, 2.75) is 20.8 Å². The Morgan fingerprint density at radius 1 is 0.839 bits per heavy atom. The van der Waals surface area contributed by atoms with Crippen molar-refractivity contribution in [3.63, 3.8) is 0 Å². The minimum atomic E-state index is -0.491. The van der Waals surface area contributed by atoms with Crippen molar-refractivity contribution in [1.29, 1.82) is 0 Å². The molecule has 4 rings (SSSR count). The smallest absolute Gasteiger partial charge is 0.282 e. The van der Waals surface area contributed by atoms with Crippen molar-refractivity contribution in [1.82, 2.24) is 0 Å². The predicted molar refractivity (Wildman–Crippen MR) is 122 cm³/mol. The summed E-state index contributed by atoms with van der Waals surface area (Å²) in [4.78, 5) is 28.1. The number of carbonyl (C=O) groups excluding carboxylic acids is 2. The first-order valence-electron chi connectivity index (χ1n) is 9.75. The fourth-order valence-corrected chi connectivity index (χ4v) is 3.74. The zero-order chi connectivity index (χ0) is 22.3. The van der Waals surface area contributed by atoms with Gasteiger partial charge in [-0.3, -0.25) is 9.59 Å². The summed E-state index contributed by atoms with van der Waals surface area (Å²) in [6.07, 6.45) is 0. The number of rotatable bonds is 4. The highest BCUT2D eigenvalue weighted by atomic mass is 35.5. The average molecular weight is 435 g/mol. The zero-order valence-electron chi connectivity index (χ0n) is 17.3. The maximum atomic E-state index is 13.5. The fourth-order valence-electron chi connectivity index (χ4n) is 3.58. The van der Waals surface area contributed by atoms with E-state index in [9.17, 15) is 14.0 Å². The molecule has 31 heavy (non-hydrogen) atoms. The van der Waals surface area contributed by atoms with E-state index in [0.29, 0.717) is 16.3 Å². The van der Waals surface area contributed by atoms with E-state index in [-0.39, 0.29) is 11.3 Å². The lowest BCUT2D eigenvalue weighted by Gasteiger charge is -2.18. The molecule has 1 aliphatic heterocycles. The second kappa shape index (κ2) is 8.00. The summed E-state index contributed by atoms with van der Waals surface area (Å²) in [5.41, 5.74) is 4.59. The fraction of sp³-hybridized carbons (Fsp3) is 0.120. The number of halogens is 2. The molecule has 156 valence electrons. The Hall–Kier alpha value is -3.44. The van der Waals surface area contributed by atoms with Gasteiger partial charge < -0.3 is 5.32 Å². The first-order chi connectivity index (χ1) is 14.8. The third-order valence-electron chi connectivity index (χ3n) is 5.28. The lowest BCUT2D eigenvalue weighted by molar-refractivity contribution is -0.120. The van der Waals surface area contributed by atoms with Gasteiger partial charge in [0.1, 0.15) is 11.5 Å². The number of benzene rings is 3. The minimum absolute atomic E-state index is 0.143. The summed E-state index contributed by atoms with van der Waals surface area (Å²) in [5, 5.41) is 3.59. The number of anilines is 2. The summed E-state index contributed by atoms with van der Waals surface area (Å²) in [6, 6.07) is 16.4. The molecule has 2 amide bonds. The van der Waals surface area contributed by atoms with Gasteiger partial charge in [0.2, 0.25) is 0 Å². The largest absolute Gasteiger partial charge is 0.350 e. The van der Waals surface area contributed by atoms with Gasteiger partial charge in [0.15, 0.2) is 0 Å². The van der Waals surface area contributed by atoms with Gasteiger partial charge in [0, 0.05) is 10.7 Å². The van der Waals surface area contributed by atoms with Crippen LogP contribution in [0.3, 0.4) is 0 Å². The molecule has 6 heteroatoms. The maximum absolute atomic E-state index is 13.5. The lowest BCUT2D eigenvalue weighted by Crippen LogP contribution is -2.33. The third-order valence-corrected chi connectivity index (χ3v) is 5.52. The van der Waals surface area contributed by atoms with Crippen molar-refractivity contribution >= 4 is 40.4 Å². The van der Waals surface area contributed by atoms with Gasteiger partial charge in [-0.15, -0.1) is 0 Å². The van der Waals surface area contributed by atoms with Gasteiger partial charge in [-0.05, 0) is 73.4 Å². The van der Waals surface area contributed by atoms with Crippen LogP contribution in [-0.4, -0.2) is 11.8 Å². The van der Waals surface area contributed by atoms with E-state index < -0.39 is 17.6 Å². The monoisotopic (exact) mass is 434 g/mol. The van der Waals surface area contributed by atoms with Crippen LogP contribution >= 0.6 is 11.6 Å². The van der Waals surface area contributed by atoms with Crippen molar-refractivity contribution in [2.75, 3.05) is 10.2 Å². The molecule has 0 aromatic heterocycles. The highest BCUT2D eigenvalue weighted by Crippen LogP contribution is 2.36. The highest BCUT2D eigenvalue weighted by molar-refractivity contribution is 6.46. The number of carbonyl (C=O) groups is 2. The molecule has 0 atom stereocenters. The molecule has 0 spiro atoms. The number of nitrogens with zero attached hydrogens (tertiary/aromatic N) is 1. The molecule has 1 aliphatic rings. The summed E-state index contributed by atoms with van der Waals surface area (Å²) in [5.74, 6) is -1.40. The van der Waals surface area contributed by atoms with E-state index in [1.165, 1.54) is 24.3 Å². The van der Waals surface area contributed by atoms with Crippen LogP contribution in [0.5, 0.6) is 0 Å². The van der Waals surface area contributed by atoms with Crippen molar-refractivity contribution < 1.29 is 14.0 Å². The van der Waals surface area contributed by atoms with E-state index >= 15 is 0 Å². The van der Waals surface area contributed by atoms with Crippen molar-refractivity contribution in [2.24, 2.45) is 0 Å². The second-order valence-electron chi connectivity index (χ2n) is 7.58. The molecule has 1 N–H and O–H groups in total. The quantitative estimate of drug-likeness (QED) is 0.528. The van der Waals surface area contributed by atoms with Crippen LogP contribution in [-0.2, 0) is 9.59 Å². The van der Waals surface area contributed by atoms with E-state index in [4.69, 9.17) is 11.6 Å². The van der Waals surface area contributed by atoms with Gasteiger partial charge in [0.25, 0.3) is 11.8 Å². The normalized spacial score (nSPS) is 13.9. The van der Waals surface area contributed by atoms with Crippen LogP contribution in [0.2, 0.25) is 5.02 Å². The molecule has 1 heterocycles. The molecule has 3 aromatic rings. The first kappa shape index (κ1) is 20.8. The van der Waals surface area contributed by atoms with Crippen LogP contribution in [0.1, 0.15) is 22.3 Å². The molecule has 0 radical (unpaired) electrons. The van der Waals surface area contributed by atoms with Gasteiger partial charge in [-0.2, -0.15) is 0 Å². The molecule has 0 saturated carbocycles. The molecular formula is C25H20ClFN2O2. The number of aryl methyl sites for hydroxylation is 3. The van der Waals surface area contributed by atoms with Crippen molar-refractivity contribution in [3.8, 4) is 0 Å². The third kappa shape index (κ3) is 3.84. The summed E-state index contributed by atoms with van der Waals surface area (Å²) < 4.78 is 13.5. The number of nitrogens with one attached hydrogen (secondary N) is 1.